The Morgan fingerprint density at radius 2 is 1.94 bits per heavy atom. The molecule has 1 rings (SSSR count). The molecule has 0 aliphatic carbocycles. The van der Waals surface area contributed by atoms with Crippen LogP contribution in [-0.4, -0.2) is 32.9 Å². The number of likely N-dealkylation sites (N-methyl/N-ethyl adjacent to an activating group) is 1. The second kappa shape index (κ2) is 5.84. The van der Waals surface area contributed by atoms with Crippen molar-refractivity contribution in [2.24, 2.45) is 0 Å². The summed E-state index contributed by atoms with van der Waals surface area (Å²) >= 11 is 0. The summed E-state index contributed by atoms with van der Waals surface area (Å²) in [6.07, 6.45) is 1.59. The van der Waals surface area contributed by atoms with Gasteiger partial charge in [0.05, 0.1) is 4.90 Å². The predicted octanol–water partition coefficient (Wildman–Crippen LogP) is 1.92. The Hall–Kier alpha value is -1.33. The molecule has 0 saturated heterocycles. The molecule has 0 atom stereocenters. The quantitative estimate of drug-likeness (QED) is 0.789. The van der Waals surface area contributed by atoms with Crippen molar-refractivity contribution in [2.45, 2.75) is 11.8 Å². The largest absolute Gasteiger partial charge is 0.388 e. The molecule has 0 aromatic heterocycles. The smallest absolute Gasteiger partial charge is 0.243 e. The second-order valence-corrected chi connectivity index (χ2v) is 5.46. The van der Waals surface area contributed by atoms with Gasteiger partial charge in [0.1, 0.15) is 0 Å². The molecule has 0 aliphatic heterocycles. The highest BCUT2D eigenvalue weighted by Crippen LogP contribution is 2.17. The van der Waals surface area contributed by atoms with Gasteiger partial charge in [0.15, 0.2) is 0 Å². The molecule has 0 aliphatic rings. The molecule has 17 heavy (non-hydrogen) atoms. The van der Waals surface area contributed by atoms with Crippen LogP contribution in [0.3, 0.4) is 0 Å². The van der Waals surface area contributed by atoms with Crippen molar-refractivity contribution in [1.82, 2.24) is 4.31 Å². The van der Waals surface area contributed by atoms with Gasteiger partial charge in [-0.1, -0.05) is 13.0 Å². The Morgan fingerprint density at radius 1 is 1.35 bits per heavy atom. The Morgan fingerprint density at radius 3 is 2.35 bits per heavy atom. The van der Waals surface area contributed by atoms with Crippen LogP contribution in [0.25, 0.3) is 0 Å². The van der Waals surface area contributed by atoms with E-state index in [-0.39, 0.29) is 0 Å². The highest BCUT2D eigenvalue weighted by atomic mass is 32.2. The lowest BCUT2D eigenvalue weighted by Crippen LogP contribution is -2.30. The fraction of sp³-hybridized carbons (Fsp3) is 0.333. The first-order chi connectivity index (χ1) is 8.06. The lowest BCUT2D eigenvalue weighted by Gasteiger charge is -2.18. The van der Waals surface area contributed by atoms with Crippen LogP contribution in [0.5, 0.6) is 0 Å². The summed E-state index contributed by atoms with van der Waals surface area (Å²) in [6.45, 7) is 6.13. The number of nitrogens with one attached hydrogen (secondary N) is 1. The maximum absolute atomic E-state index is 12.2. The monoisotopic (exact) mass is 254 g/mol. The molecule has 0 spiro atoms. The molecule has 0 heterocycles. The van der Waals surface area contributed by atoms with Gasteiger partial charge < -0.3 is 5.32 Å². The van der Waals surface area contributed by atoms with E-state index in [4.69, 9.17) is 0 Å². The first kappa shape index (κ1) is 13.7. The summed E-state index contributed by atoms with van der Waals surface area (Å²) in [5, 5.41) is 2.95. The lowest BCUT2D eigenvalue weighted by atomic mass is 10.3. The molecule has 94 valence electrons. The van der Waals surface area contributed by atoms with Crippen molar-refractivity contribution < 1.29 is 8.42 Å². The summed E-state index contributed by atoms with van der Waals surface area (Å²) in [5.74, 6) is 0. The van der Waals surface area contributed by atoms with Crippen LogP contribution < -0.4 is 5.32 Å². The Bertz CT molecular complexity index is 466. The molecule has 1 aromatic rings. The number of hydrogen-bond donors (Lipinski definition) is 1. The molecule has 0 fully saturated rings. The summed E-state index contributed by atoms with van der Waals surface area (Å²) in [6, 6.07) is 6.70. The van der Waals surface area contributed by atoms with Gasteiger partial charge in [0.25, 0.3) is 0 Å². The molecule has 4 nitrogen and oxygen atoms in total. The van der Waals surface area contributed by atoms with Gasteiger partial charge in [-0.2, -0.15) is 4.31 Å². The number of nitrogens with zero attached hydrogens (tertiary/aromatic N) is 1. The Balaban J connectivity index is 3.06. The first-order valence-corrected chi connectivity index (χ1v) is 6.89. The molecule has 0 saturated carbocycles. The van der Waals surface area contributed by atoms with Gasteiger partial charge in [0.2, 0.25) is 10.0 Å². The second-order valence-electron chi connectivity index (χ2n) is 3.52. The van der Waals surface area contributed by atoms with Gasteiger partial charge in [-0.15, -0.1) is 6.58 Å². The third-order valence-electron chi connectivity index (χ3n) is 2.47. The number of anilines is 1. The van der Waals surface area contributed by atoms with Crippen molar-refractivity contribution in [3.63, 3.8) is 0 Å². The van der Waals surface area contributed by atoms with Crippen molar-refractivity contribution in [3.05, 3.63) is 36.9 Å². The van der Waals surface area contributed by atoms with Crippen molar-refractivity contribution in [2.75, 3.05) is 25.5 Å². The van der Waals surface area contributed by atoms with Gasteiger partial charge in [-0.05, 0) is 24.3 Å². The van der Waals surface area contributed by atoms with Crippen LogP contribution in [0.4, 0.5) is 5.69 Å². The van der Waals surface area contributed by atoms with E-state index in [1.54, 1.807) is 37.4 Å². The molecular formula is C12H18N2O2S. The molecule has 0 unspecified atom stereocenters. The zero-order chi connectivity index (χ0) is 12.9. The zero-order valence-corrected chi connectivity index (χ0v) is 11.0. The normalized spacial score (nSPS) is 11.5. The minimum atomic E-state index is -3.40. The van der Waals surface area contributed by atoms with Gasteiger partial charge in [-0.25, -0.2) is 8.42 Å². The SMILES string of the molecule is C=CCN(CC)S(=O)(=O)c1ccc(NC)cc1. The average Bonchev–Trinajstić information content (AvgIpc) is 2.35. The van der Waals surface area contributed by atoms with Crippen LogP contribution in [0.1, 0.15) is 6.92 Å². The minimum absolute atomic E-state index is 0.306. The van der Waals surface area contributed by atoms with Crippen LogP contribution in [0.15, 0.2) is 41.8 Å². The highest BCUT2D eigenvalue weighted by molar-refractivity contribution is 7.89. The van der Waals surface area contributed by atoms with Gasteiger partial charge in [-0.3, -0.25) is 0 Å². The summed E-state index contributed by atoms with van der Waals surface area (Å²) in [4.78, 5) is 0.306. The van der Waals surface area contributed by atoms with Crippen molar-refractivity contribution in [1.29, 1.82) is 0 Å². The molecule has 0 amide bonds. The van der Waals surface area contributed by atoms with E-state index in [9.17, 15) is 8.42 Å². The van der Waals surface area contributed by atoms with E-state index in [0.29, 0.717) is 18.0 Å². The van der Waals surface area contributed by atoms with Crippen LogP contribution in [0.2, 0.25) is 0 Å². The Labute approximate surface area is 103 Å². The maximum Gasteiger partial charge on any atom is 0.243 e. The number of rotatable bonds is 6. The molecule has 1 N–H and O–H groups in total. The third-order valence-corrected chi connectivity index (χ3v) is 4.42. The fourth-order valence-electron chi connectivity index (χ4n) is 1.48. The predicted molar refractivity (Wildman–Crippen MR) is 70.6 cm³/mol. The molecule has 0 bridgehead atoms. The molecule has 0 radical (unpaired) electrons. The zero-order valence-electron chi connectivity index (χ0n) is 10.2. The van der Waals surface area contributed by atoms with E-state index in [1.807, 2.05) is 6.92 Å². The first-order valence-electron chi connectivity index (χ1n) is 5.45. The highest BCUT2D eigenvalue weighted by Gasteiger charge is 2.21. The van der Waals surface area contributed by atoms with E-state index < -0.39 is 10.0 Å². The average molecular weight is 254 g/mol. The third kappa shape index (κ3) is 3.08. The Kier molecular flexibility index (Phi) is 4.72. The standard InChI is InChI=1S/C12H18N2O2S/c1-4-10-14(5-2)17(15,16)12-8-6-11(13-3)7-9-12/h4,6-9,13H,1,5,10H2,2-3H3. The maximum atomic E-state index is 12.2. The van der Waals surface area contributed by atoms with Gasteiger partial charge >= 0.3 is 0 Å². The topological polar surface area (TPSA) is 49.4 Å². The van der Waals surface area contributed by atoms with E-state index in [1.165, 1.54) is 4.31 Å². The molecule has 1 aromatic carbocycles. The molecule has 5 heteroatoms. The van der Waals surface area contributed by atoms with Crippen LogP contribution in [0, 0.1) is 0 Å². The number of hydrogen-bond acceptors (Lipinski definition) is 3. The van der Waals surface area contributed by atoms with E-state index >= 15 is 0 Å². The van der Waals surface area contributed by atoms with E-state index in [0.717, 1.165) is 5.69 Å². The van der Waals surface area contributed by atoms with Gasteiger partial charge in [0, 0.05) is 25.8 Å². The summed E-state index contributed by atoms with van der Waals surface area (Å²) < 4.78 is 25.8. The summed E-state index contributed by atoms with van der Waals surface area (Å²) in [5.41, 5.74) is 0.885. The van der Waals surface area contributed by atoms with Crippen LogP contribution in [-0.2, 0) is 10.0 Å². The minimum Gasteiger partial charge on any atom is -0.388 e. The number of sulfonamides is 1. The van der Waals surface area contributed by atoms with Crippen molar-refractivity contribution >= 4 is 15.7 Å². The number of benzene rings is 1. The summed E-state index contributed by atoms with van der Waals surface area (Å²) in [7, 11) is -1.61. The fourth-order valence-corrected chi connectivity index (χ4v) is 2.90. The molecular weight excluding hydrogens is 236 g/mol. The van der Waals surface area contributed by atoms with E-state index in [2.05, 4.69) is 11.9 Å². The van der Waals surface area contributed by atoms with Crippen LogP contribution >= 0.6 is 0 Å². The van der Waals surface area contributed by atoms with Crippen molar-refractivity contribution in [3.8, 4) is 0 Å². The lowest BCUT2D eigenvalue weighted by molar-refractivity contribution is 0.460.